The van der Waals surface area contributed by atoms with Gasteiger partial charge in [-0.25, -0.2) is 0 Å². The second-order valence-electron chi connectivity index (χ2n) is 11.6. The SMILES string of the molecule is C[C@@H]1Cc2c([nH]c3ccccc23)[C@@H](C2C=CC(OC3CN(CCCF)C3)=CC2)N1C12CC(C1)C2. The van der Waals surface area contributed by atoms with Crippen LogP contribution in [0.2, 0.25) is 0 Å². The van der Waals surface area contributed by atoms with Gasteiger partial charge in [-0.3, -0.25) is 14.2 Å². The lowest BCUT2D eigenvalue weighted by molar-refractivity contribution is -0.185. The Hall–Kier alpha value is -2.11. The Morgan fingerprint density at radius 2 is 2.00 bits per heavy atom. The van der Waals surface area contributed by atoms with Crippen molar-refractivity contribution < 1.29 is 9.13 Å². The number of nitrogens with zero attached hydrogens (tertiary/aromatic N) is 2. The Morgan fingerprint density at radius 1 is 1.18 bits per heavy atom. The molecule has 6 aliphatic rings. The van der Waals surface area contributed by atoms with Gasteiger partial charge in [0.1, 0.15) is 11.9 Å². The van der Waals surface area contributed by atoms with Gasteiger partial charge in [-0.15, -0.1) is 0 Å². The molecule has 1 aromatic heterocycles. The van der Waals surface area contributed by atoms with E-state index in [2.05, 4.69) is 64.2 Å². The molecule has 4 nitrogen and oxygen atoms in total. The van der Waals surface area contributed by atoms with Crippen molar-refractivity contribution in [1.82, 2.24) is 14.8 Å². The third-order valence-electron chi connectivity index (χ3n) is 9.31. The van der Waals surface area contributed by atoms with Gasteiger partial charge in [-0.1, -0.05) is 24.3 Å². The van der Waals surface area contributed by atoms with Crippen LogP contribution in [0.3, 0.4) is 0 Å². The van der Waals surface area contributed by atoms with Gasteiger partial charge >= 0.3 is 0 Å². The second kappa shape index (κ2) is 7.96. The molecule has 1 N–H and O–H groups in total. The zero-order valence-corrected chi connectivity index (χ0v) is 20.2. The molecule has 4 aliphatic carbocycles. The molecule has 0 radical (unpaired) electrons. The average molecular weight is 462 g/mol. The van der Waals surface area contributed by atoms with E-state index in [1.165, 1.54) is 35.9 Å². The number of para-hydroxylation sites is 1. The van der Waals surface area contributed by atoms with Gasteiger partial charge < -0.3 is 9.72 Å². The van der Waals surface area contributed by atoms with Crippen molar-refractivity contribution in [2.24, 2.45) is 11.8 Å². The number of aromatic amines is 1. The van der Waals surface area contributed by atoms with Crippen LogP contribution in [0.1, 0.15) is 56.3 Å². The number of hydrogen-bond donors (Lipinski definition) is 1. The first kappa shape index (κ1) is 21.2. The minimum absolute atomic E-state index is 0.228. The number of halogens is 1. The predicted molar refractivity (Wildman–Crippen MR) is 133 cm³/mol. The third kappa shape index (κ3) is 3.23. The smallest absolute Gasteiger partial charge is 0.124 e. The number of likely N-dealkylation sites (tertiary alicyclic amines) is 1. The summed E-state index contributed by atoms with van der Waals surface area (Å²) in [4.78, 5) is 9.08. The maximum Gasteiger partial charge on any atom is 0.124 e. The molecule has 1 unspecified atom stereocenters. The van der Waals surface area contributed by atoms with Crippen LogP contribution in [0.5, 0.6) is 0 Å². The van der Waals surface area contributed by atoms with Crippen LogP contribution in [-0.2, 0) is 11.2 Å². The van der Waals surface area contributed by atoms with Crippen molar-refractivity contribution in [3.05, 3.63) is 59.5 Å². The molecule has 5 heteroatoms. The molecular weight excluding hydrogens is 425 g/mol. The zero-order chi connectivity index (χ0) is 22.9. The van der Waals surface area contributed by atoms with Crippen molar-refractivity contribution >= 4 is 10.9 Å². The molecule has 3 saturated carbocycles. The first-order chi connectivity index (χ1) is 16.6. The molecule has 3 atom stereocenters. The number of rotatable bonds is 7. The quantitative estimate of drug-likeness (QED) is 0.588. The number of hydrogen-bond acceptors (Lipinski definition) is 3. The summed E-state index contributed by atoms with van der Waals surface area (Å²) in [5.41, 5.74) is 4.72. The minimum Gasteiger partial charge on any atom is -0.488 e. The van der Waals surface area contributed by atoms with E-state index in [1.54, 1.807) is 5.56 Å². The standard InChI is InChI=1S/C29H36FN3O/c1-19-13-25-24-5-2-3-6-26(24)31-27(25)28(33(19)29-14-20(15-29)16-29)21-7-9-22(10-8-21)34-23-17-32(18-23)12-4-11-30/h2-3,5-7,9-10,19-21,23,28,31H,4,8,11-18H2,1H3/t19-,20?,21?,28-,29?/m1/s1. The van der Waals surface area contributed by atoms with Gasteiger partial charge in [0, 0.05) is 53.7 Å². The van der Waals surface area contributed by atoms with E-state index in [0.717, 1.165) is 44.2 Å². The fraction of sp³-hybridized carbons (Fsp3) is 0.586. The predicted octanol–water partition coefficient (Wildman–Crippen LogP) is 5.53. The number of ether oxygens (including phenoxy) is 1. The van der Waals surface area contributed by atoms with Gasteiger partial charge in [-0.2, -0.15) is 0 Å². The molecule has 180 valence electrons. The van der Waals surface area contributed by atoms with E-state index in [0.29, 0.717) is 30.0 Å². The number of allylic oxidation sites excluding steroid dienone is 2. The first-order valence-corrected chi connectivity index (χ1v) is 13.3. The minimum atomic E-state index is -0.228. The van der Waals surface area contributed by atoms with Crippen LogP contribution in [0.15, 0.2) is 48.3 Å². The summed E-state index contributed by atoms with van der Waals surface area (Å²) >= 11 is 0. The van der Waals surface area contributed by atoms with Crippen LogP contribution in [0.25, 0.3) is 10.9 Å². The molecule has 4 fully saturated rings. The summed E-state index contributed by atoms with van der Waals surface area (Å²) in [5, 5.41) is 1.41. The molecule has 2 aromatic rings. The van der Waals surface area contributed by atoms with Crippen molar-refractivity contribution in [2.45, 2.75) is 69.2 Å². The van der Waals surface area contributed by atoms with Crippen LogP contribution >= 0.6 is 0 Å². The lowest BCUT2D eigenvalue weighted by atomic mass is 9.48. The van der Waals surface area contributed by atoms with Crippen LogP contribution in [0.4, 0.5) is 4.39 Å². The largest absolute Gasteiger partial charge is 0.488 e. The molecule has 0 amide bonds. The molecule has 0 spiro atoms. The van der Waals surface area contributed by atoms with E-state index >= 15 is 0 Å². The Balaban J connectivity index is 1.13. The number of fused-ring (bicyclic) bond motifs is 3. The van der Waals surface area contributed by atoms with E-state index in [4.69, 9.17) is 4.74 Å². The highest BCUT2D eigenvalue weighted by atomic mass is 19.1. The normalized spacial score (nSPS) is 35.3. The van der Waals surface area contributed by atoms with E-state index in [-0.39, 0.29) is 12.8 Å². The maximum absolute atomic E-state index is 12.4. The Labute approximate surface area is 201 Å². The third-order valence-corrected chi connectivity index (χ3v) is 9.31. The summed E-state index contributed by atoms with van der Waals surface area (Å²) in [6.45, 7) is 4.92. The lowest BCUT2D eigenvalue weighted by Gasteiger charge is -2.70. The highest BCUT2D eigenvalue weighted by molar-refractivity contribution is 5.85. The molecule has 3 heterocycles. The number of H-pyrrole nitrogens is 1. The summed E-state index contributed by atoms with van der Waals surface area (Å²) in [7, 11) is 0. The monoisotopic (exact) mass is 461 g/mol. The average Bonchev–Trinajstić information content (AvgIpc) is 3.12. The van der Waals surface area contributed by atoms with Gasteiger partial charge in [0.05, 0.1) is 12.7 Å². The van der Waals surface area contributed by atoms with Crippen LogP contribution in [-0.4, -0.2) is 58.8 Å². The van der Waals surface area contributed by atoms with Gasteiger partial charge in [-0.05, 0) is 75.1 Å². The van der Waals surface area contributed by atoms with E-state index in [9.17, 15) is 4.39 Å². The molecule has 2 aliphatic heterocycles. The van der Waals surface area contributed by atoms with Crippen molar-refractivity contribution in [3.63, 3.8) is 0 Å². The molecule has 1 aromatic carbocycles. The summed E-state index contributed by atoms with van der Waals surface area (Å²) < 4.78 is 18.7. The van der Waals surface area contributed by atoms with Gasteiger partial charge in [0.25, 0.3) is 0 Å². The first-order valence-electron chi connectivity index (χ1n) is 13.3. The van der Waals surface area contributed by atoms with Gasteiger partial charge in [0.15, 0.2) is 0 Å². The number of nitrogens with one attached hydrogen (secondary N) is 1. The fourth-order valence-corrected chi connectivity index (χ4v) is 7.63. The summed E-state index contributed by atoms with van der Waals surface area (Å²) in [6.07, 6.45) is 14.2. The Morgan fingerprint density at radius 3 is 2.71 bits per heavy atom. The molecular formula is C29H36FN3O. The van der Waals surface area contributed by atoms with Crippen molar-refractivity contribution in [3.8, 4) is 0 Å². The Bertz CT molecular complexity index is 1130. The highest BCUT2D eigenvalue weighted by Gasteiger charge is 2.63. The summed E-state index contributed by atoms with van der Waals surface area (Å²) in [6, 6.07) is 9.82. The summed E-state index contributed by atoms with van der Waals surface area (Å²) in [5.74, 6) is 2.45. The molecule has 8 rings (SSSR count). The fourth-order valence-electron chi connectivity index (χ4n) is 7.63. The number of aromatic nitrogens is 1. The van der Waals surface area contributed by atoms with Crippen LogP contribution < -0.4 is 0 Å². The Kier molecular flexibility index (Phi) is 4.96. The van der Waals surface area contributed by atoms with E-state index < -0.39 is 0 Å². The molecule has 1 saturated heterocycles. The van der Waals surface area contributed by atoms with Crippen molar-refractivity contribution in [1.29, 1.82) is 0 Å². The number of alkyl halides is 1. The van der Waals surface area contributed by atoms with Crippen molar-refractivity contribution in [2.75, 3.05) is 26.3 Å². The topological polar surface area (TPSA) is 31.5 Å². The number of benzene rings is 1. The highest BCUT2D eigenvalue weighted by Crippen LogP contribution is 2.64. The molecule has 2 bridgehead atoms. The van der Waals surface area contributed by atoms with Gasteiger partial charge in [0.2, 0.25) is 0 Å². The molecule has 34 heavy (non-hydrogen) atoms. The second-order valence-corrected chi connectivity index (χ2v) is 11.6. The van der Waals surface area contributed by atoms with E-state index in [1.807, 2.05) is 0 Å². The van der Waals surface area contributed by atoms with Crippen LogP contribution in [0, 0.1) is 11.8 Å². The maximum atomic E-state index is 12.4. The zero-order valence-electron chi connectivity index (χ0n) is 20.2. The lowest BCUT2D eigenvalue weighted by Crippen LogP contribution is -2.72.